The minimum Gasteiger partial charge on any atom is -0.396 e. The highest BCUT2D eigenvalue weighted by atomic mass is 16.3. The van der Waals surface area contributed by atoms with E-state index in [1.165, 1.54) is 16.8 Å². The van der Waals surface area contributed by atoms with Gasteiger partial charge in [-0.15, -0.1) is 0 Å². The van der Waals surface area contributed by atoms with Crippen molar-refractivity contribution in [2.24, 2.45) is 0 Å². The molecule has 0 spiro atoms. The molecule has 16 heavy (non-hydrogen) atoms. The molecule has 1 rings (SSSR count). The molecular formula is C14H23NO. The van der Waals surface area contributed by atoms with Crippen LogP contribution in [0.5, 0.6) is 0 Å². The number of hydrogen-bond acceptors (Lipinski definition) is 2. The predicted molar refractivity (Wildman–Crippen MR) is 70.1 cm³/mol. The van der Waals surface area contributed by atoms with Gasteiger partial charge in [-0.3, -0.25) is 0 Å². The molecular weight excluding hydrogens is 198 g/mol. The van der Waals surface area contributed by atoms with Crippen LogP contribution in [0, 0.1) is 13.8 Å². The first-order chi connectivity index (χ1) is 7.38. The summed E-state index contributed by atoms with van der Waals surface area (Å²) >= 11 is 0. The van der Waals surface area contributed by atoms with Crippen molar-refractivity contribution in [1.29, 1.82) is 0 Å². The Hall–Kier alpha value is -1.02. The third-order valence-corrected chi connectivity index (χ3v) is 3.36. The second-order valence-corrected chi connectivity index (χ2v) is 5.13. The van der Waals surface area contributed by atoms with Gasteiger partial charge in [0.2, 0.25) is 0 Å². The van der Waals surface area contributed by atoms with Gasteiger partial charge in [0, 0.05) is 24.9 Å². The zero-order valence-corrected chi connectivity index (χ0v) is 11.0. The molecule has 1 aromatic carbocycles. The molecule has 0 fully saturated rings. The van der Waals surface area contributed by atoms with E-state index in [9.17, 15) is 0 Å². The highest BCUT2D eigenvalue weighted by molar-refractivity contribution is 5.56. The van der Waals surface area contributed by atoms with E-state index in [4.69, 9.17) is 5.11 Å². The number of anilines is 1. The van der Waals surface area contributed by atoms with E-state index in [-0.39, 0.29) is 12.1 Å². The molecule has 0 saturated heterocycles. The van der Waals surface area contributed by atoms with E-state index in [0.717, 1.165) is 6.42 Å². The maximum Gasteiger partial charge on any atom is 0.0453 e. The van der Waals surface area contributed by atoms with Gasteiger partial charge < -0.3 is 10.0 Å². The number of aryl methyl sites for hydroxylation is 2. The molecule has 0 aliphatic rings. The lowest BCUT2D eigenvalue weighted by Crippen LogP contribution is -2.42. The first-order valence-corrected chi connectivity index (χ1v) is 5.80. The summed E-state index contributed by atoms with van der Waals surface area (Å²) in [5.41, 5.74) is 3.78. The van der Waals surface area contributed by atoms with Crippen molar-refractivity contribution in [3.63, 3.8) is 0 Å². The van der Waals surface area contributed by atoms with Crippen molar-refractivity contribution in [3.8, 4) is 0 Å². The first kappa shape index (κ1) is 13.0. The van der Waals surface area contributed by atoms with Crippen LogP contribution in [0.4, 0.5) is 5.69 Å². The summed E-state index contributed by atoms with van der Waals surface area (Å²) in [6.45, 7) is 8.77. The Morgan fingerprint density at radius 2 is 1.88 bits per heavy atom. The lowest BCUT2D eigenvalue weighted by molar-refractivity contribution is 0.250. The van der Waals surface area contributed by atoms with Crippen LogP contribution in [0.1, 0.15) is 31.4 Å². The Labute approximate surface area is 98.9 Å². The highest BCUT2D eigenvalue weighted by Gasteiger charge is 2.24. The number of rotatable bonds is 4. The molecule has 0 aliphatic heterocycles. The lowest BCUT2D eigenvalue weighted by atomic mass is 9.97. The van der Waals surface area contributed by atoms with E-state index in [0.29, 0.717) is 0 Å². The van der Waals surface area contributed by atoms with Crippen LogP contribution in [-0.2, 0) is 0 Å². The van der Waals surface area contributed by atoms with Crippen molar-refractivity contribution >= 4 is 5.69 Å². The van der Waals surface area contributed by atoms with Crippen LogP contribution in [0.2, 0.25) is 0 Å². The third kappa shape index (κ3) is 2.76. The Bertz CT molecular complexity index is 358. The van der Waals surface area contributed by atoms with Crippen molar-refractivity contribution in [2.75, 3.05) is 18.6 Å². The minimum absolute atomic E-state index is 0.0205. The van der Waals surface area contributed by atoms with E-state index < -0.39 is 0 Å². The number of nitrogens with zero attached hydrogens (tertiary/aromatic N) is 1. The number of aliphatic hydroxyl groups is 1. The molecule has 0 aliphatic carbocycles. The zero-order chi connectivity index (χ0) is 12.3. The van der Waals surface area contributed by atoms with Crippen LogP contribution < -0.4 is 4.90 Å². The van der Waals surface area contributed by atoms with Crippen molar-refractivity contribution in [3.05, 3.63) is 29.3 Å². The van der Waals surface area contributed by atoms with E-state index in [2.05, 4.69) is 57.8 Å². The first-order valence-electron chi connectivity index (χ1n) is 5.80. The molecule has 0 radical (unpaired) electrons. The fraction of sp³-hybridized carbons (Fsp3) is 0.571. The quantitative estimate of drug-likeness (QED) is 0.845. The fourth-order valence-electron chi connectivity index (χ4n) is 1.85. The Balaban J connectivity index is 3.03. The van der Waals surface area contributed by atoms with Crippen molar-refractivity contribution in [2.45, 2.75) is 39.7 Å². The van der Waals surface area contributed by atoms with E-state index >= 15 is 0 Å². The molecule has 90 valence electrons. The number of benzene rings is 1. The second-order valence-electron chi connectivity index (χ2n) is 5.13. The van der Waals surface area contributed by atoms with Crippen LogP contribution in [0.25, 0.3) is 0 Å². The van der Waals surface area contributed by atoms with Gasteiger partial charge >= 0.3 is 0 Å². The summed E-state index contributed by atoms with van der Waals surface area (Å²) < 4.78 is 0. The summed E-state index contributed by atoms with van der Waals surface area (Å²) in [6.07, 6.45) is 0.775. The topological polar surface area (TPSA) is 23.5 Å². The third-order valence-electron chi connectivity index (χ3n) is 3.36. The van der Waals surface area contributed by atoms with Gasteiger partial charge in [-0.1, -0.05) is 12.1 Å². The summed E-state index contributed by atoms with van der Waals surface area (Å²) in [7, 11) is 2.09. The van der Waals surface area contributed by atoms with Crippen molar-refractivity contribution < 1.29 is 5.11 Å². The van der Waals surface area contributed by atoms with Crippen LogP contribution in [0.15, 0.2) is 18.2 Å². The Kier molecular flexibility index (Phi) is 3.98. The van der Waals surface area contributed by atoms with Crippen molar-refractivity contribution in [1.82, 2.24) is 0 Å². The molecule has 0 aromatic heterocycles. The van der Waals surface area contributed by atoms with Gasteiger partial charge in [0.25, 0.3) is 0 Å². The summed E-state index contributed by atoms with van der Waals surface area (Å²) in [6, 6.07) is 6.48. The molecule has 0 heterocycles. The number of aliphatic hydroxyl groups excluding tert-OH is 1. The second kappa shape index (κ2) is 4.88. The fourth-order valence-corrected chi connectivity index (χ4v) is 1.85. The standard InChI is InChI=1S/C14H23NO/c1-11-6-7-12(2)13(10-11)15(5)14(3,4)8-9-16/h6-7,10,16H,8-9H2,1-5H3. The maximum absolute atomic E-state index is 9.09. The van der Waals surface area contributed by atoms with Gasteiger partial charge in [0.15, 0.2) is 0 Å². The molecule has 1 N–H and O–H groups in total. The molecule has 0 unspecified atom stereocenters. The SMILES string of the molecule is Cc1ccc(C)c(N(C)C(C)(C)CCO)c1. The molecule has 1 aromatic rings. The lowest BCUT2D eigenvalue weighted by Gasteiger charge is -2.38. The largest absolute Gasteiger partial charge is 0.396 e. The Morgan fingerprint density at radius 3 is 2.44 bits per heavy atom. The molecule has 2 heteroatoms. The van der Waals surface area contributed by atoms with Crippen LogP contribution in [0.3, 0.4) is 0 Å². The van der Waals surface area contributed by atoms with E-state index in [1.54, 1.807) is 0 Å². The summed E-state index contributed by atoms with van der Waals surface area (Å²) in [5.74, 6) is 0. The monoisotopic (exact) mass is 221 g/mol. The maximum atomic E-state index is 9.09. The van der Waals surface area contributed by atoms with Gasteiger partial charge in [-0.2, -0.15) is 0 Å². The molecule has 0 bridgehead atoms. The molecule has 2 nitrogen and oxygen atoms in total. The van der Waals surface area contributed by atoms with Crippen LogP contribution >= 0.6 is 0 Å². The Morgan fingerprint density at radius 1 is 1.25 bits per heavy atom. The summed E-state index contributed by atoms with van der Waals surface area (Å²) in [5, 5.41) is 9.09. The highest BCUT2D eigenvalue weighted by Crippen LogP contribution is 2.28. The van der Waals surface area contributed by atoms with Gasteiger partial charge in [-0.05, 0) is 51.3 Å². The van der Waals surface area contributed by atoms with Crippen LogP contribution in [-0.4, -0.2) is 24.3 Å². The van der Waals surface area contributed by atoms with Gasteiger partial charge in [0.05, 0.1) is 0 Å². The molecule has 0 saturated carbocycles. The molecule has 0 atom stereocenters. The smallest absolute Gasteiger partial charge is 0.0453 e. The predicted octanol–water partition coefficient (Wildman–Crippen LogP) is 2.90. The summed E-state index contributed by atoms with van der Waals surface area (Å²) in [4.78, 5) is 2.26. The molecule has 0 amide bonds. The number of hydrogen-bond donors (Lipinski definition) is 1. The average Bonchev–Trinajstić information content (AvgIpc) is 2.20. The normalized spacial score (nSPS) is 11.6. The minimum atomic E-state index is -0.0205. The van der Waals surface area contributed by atoms with Gasteiger partial charge in [0.1, 0.15) is 0 Å². The average molecular weight is 221 g/mol. The van der Waals surface area contributed by atoms with E-state index in [1.807, 2.05) is 0 Å². The zero-order valence-electron chi connectivity index (χ0n) is 11.0. The van der Waals surface area contributed by atoms with Gasteiger partial charge in [-0.25, -0.2) is 0 Å².